The van der Waals surface area contributed by atoms with Crippen LogP contribution in [0.5, 0.6) is 0 Å². The van der Waals surface area contributed by atoms with Gasteiger partial charge in [0.15, 0.2) is 0 Å². The molecule has 4 heteroatoms. The summed E-state index contributed by atoms with van der Waals surface area (Å²) in [6.45, 7) is 0.494. The second-order valence-corrected chi connectivity index (χ2v) is 3.86. The van der Waals surface area contributed by atoms with Gasteiger partial charge in [-0.3, -0.25) is 9.55 Å². The van der Waals surface area contributed by atoms with Crippen molar-refractivity contribution < 1.29 is 0 Å². The maximum Gasteiger partial charge on any atom is 0.100 e. The molecule has 0 aliphatic rings. The van der Waals surface area contributed by atoms with E-state index in [1.165, 1.54) is 0 Å². The lowest BCUT2D eigenvalue weighted by Crippen LogP contribution is -2.00. The van der Waals surface area contributed by atoms with Gasteiger partial charge in [-0.15, -0.1) is 0 Å². The van der Waals surface area contributed by atoms with Crippen LogP contribution in [0.15, 0.2) is 49.1 Å². The van der Waals surface area contributed by atoms with E-state index in [-0.39, 0.29) is 0 Å². The van der Waals surface area contributed by atoms with Gasteiger partial charge < -0.3 is 5.73 Å². The maximum atomic E-state index is 5.62. The number of imidazole rings is 1. The van der Waals surface area contributed by atoms with Crippen LogP contribution in [-0.2, 0) is 6.54 Å². The van der Waals surface area contributed by atoms with Crippen LogP contribution in [0.1, 0.15) is 5.56 Å². The summed E-state index contributed by atoms with van der Waals surface area (Å²) >= 11 is 0. The number of para-hydroxylation sites is 2. The first-order valence-electron chi connectivity index (χ1n) is 5.45. The molecular formula is C13H12N4. The number of aromatic nitrogens is 3. The lowest BCUT2D eigenvalue weighted by molar-refractivity contribution is 1.01. The largest absolute Gasteiger partial charge is 0.326 e. The molecule has 0 aliphatic heterocycles. The Hall–Kier alpha value is -2.20. The first-order valence-corrected chi connectivity index (χ1v) is 5.45. The summed E-state index contributed by atoms with van der Waals surface area (Å²) in [6.07, 6.45) is 5.40. The molecule has 0 saturated carbocycles. The minimum absolute atomic E-state index is 0.494. The van der Waals surface area contributed by atoms with E-state index in [9.17, 15) is 0 Å². The third-order valence-electron chi connectivity index (χ3n) is 2.75. The van der Waals surface area contributed by atoms with Crippen LogP contribution in [0.3, 0.4) is 0 Å². The molecule has 17 heavy (non-hydrogen) atoms. The molecule has 2 N–H and O–H groups in total. The SMILES string of the molecule is NCc1cncc(-n2cnc3ccccc32)c1. The zero-order valence-corrected chi connectivity index (χ0v) is 9.24. The number of hydrogen-bond acceptors (Lipinski definition) is 3. The highest BCUT2D eigenvalue weighted by atomic mass is 15.1. The van der Waals surface area contributed by atoms with Crippen LogP contribution in [0.25, 0.3) is 16.7 Å². The molecule has 0 fully saturated rings. The molecule has 0 spiro atoms. The quantitative estimate of drug-likeness (QED) is 0.723. The monoisotopic (exact) mass is 224 g/mol. The van der Waals surface area contributed by atoms with Gasteiger partial charge in [-0.2, -0.15) is 0 Å². The van der Waals surface area contributed by atoms with Crippen LogP contribution in [0, 0.1) is 0 Å². The van der Waals surface area contributed by atoms with Crippen LogP contribution in [-0.4, -0.2) is 14.5 Å². The van der Waals surface area contributed by atoms with Crippen molar-refractivity contribution in [2.24, 2.45) is 5.73 Å². The molecule has 0 atom stereocenters. The van der Waals surface area contributed by atoms with Crippen molar-refractivity contribution in [1.29, 1.82) is 0 Å². The molecule has 0 amide bonds. The van der Waals surface area contributed by atoms with Crippen molar-refractivity contribution in [3.63, 3.8) is 0 Å². The van der Waals surface area contributed by atoms with Crippen molar-refractivity contribution in [3.05, 3.63) is 54.6 Å². The van der Waals surface area contributed by atoms with E-state index < -0.39 is 0 Å². The predicted molar refractivity (Wildman–Crippen MR) is 66.8 cm³/mol. The summed E-state index contributed by atoms with van der Waals surface area (Å²) in [4.78, 5) is 8.54. The molecule has 0 saturated heterocycles. The Balaban J connectivity index is 2.20. The first-order chi connectivity index (χ1) is 8.38. The summed E-state index contributed by atoms with van der Waals surface area (Å²) in [5, 5.41) is 0. The van der Waals surface area contributed by atoms with Crippen molar-refractivity contribution in [1.82, 2.24) is 14.5 Å². The summed E-state index contributed by atoms with van der Waals surface area (Å²) < 4.78 is 2.02. The van der Waals surface area contributed by atoms with E-state index in [2.05, 4.69) is 9.97 Å². The normalized spacial score (nSPS) is 10.9. The Morgan fingerprint density at radius 2 is 2.06 bits per heavy atom. The number of pyridine rings is 1. The fourth-order valence-electron chi connectivity index (χ4n) is 1.88. The van der Waals surface area contributed by atoms with Gasteiger partial charge in [-0.05, 0) is 23.8 Å². The average Bonchev–Trinajstić information content (AvgIpc) is 2.82. The van der Waals surface area contributed by atoms with Gasteiger partial charge in [0.1, 0.15) is 6.33 Å². The van der Waals surface area contributed by atoms with Crippen molar-refractivity contribution >= 4 is 11.0 Å². The number of nitrogens with two attached hydrogens (primary N) is 1. The highest BCUT2D eigenvalue weighted by Gasteiger charge is 2.04. The van der Waals surface area contributed by atoms with E-state index in [0.717, 1.165) is 22.3 Å². The predicted octanol–water partition coefficient (Wildman–Crippen LogP) is 1.88. The van der Waals surface area contributed by atoms with Crippen molar-refractivity contribution in [3.8, 4) is 5.69 Å². The Labute approximate surface area is 98.7 Å². The number of fused-ring (bicyclic) bond motifs is 1. The van der Waals surface area contributed by atoms with Gasteiger partial charge >= 0.3 is 0 Å². The number of rotatable bonds is 2. The number of hydrogen-bond donors (Lipinski definition) is 1. The molecule has 2 aromatic heterocycles. The molecule has 0 bridgehead atoms. The fourth-order valence-corrected chi connectivity index (χ4v) is 1.88. The van der Waals surface area contributed by atoms with Crippen molar-refractivity contribution in [2.45, 2.75) is 6.54 Å². The topological polar surface area (TPSA) is 56.7 Å². The molecule has 4 nitrogen and oxygen atoms in total. The third-order valence-corrected chi connectivity index (χ3v) is 2.75. The van der Waals surface area contributed by atoms with E-state index in [0.29, 0.717) is 6.54 Å². The Morgan fingerprint density at radius 1 is 1.18 bits per heavy atom. The molecule has 3 rings (SSSR count). The highest BCUT2D eigenvalue weighted by molar-refractivity contribution is 5.77. The highest BCUT2D eigenvalue weighted by Crippen LogP contribution is 2.17. The Morgan fingerprint density at radius 3 is 2.94 bits per heavy atom. The number of benzene rings is 1. The summed E-state index contributed by atoms with van der Waals surface area (Å²) in [5.41, 5.74) is 9.67. The molecule has 0 unspecified atom stereocenters. The van der Waals surface area contributed by atoms with Gasteiger partial charge in [-0.25, -0.2) is 4.98 Å². The lowest BCUT2D eigenvalue weighted by atomic mass is 10.2. The zero-order chi connectivity index (χ0) is 11.7. The number of nitrogens with zero attached hydrogens (tertiary/aromatic N) is 3. The van der Waals surface area contributed by atoms with Gasteiger partial charge in [0.25, 0.3) is 0 Å². The van der Waals surface area contributed by atoms with Gasteiger partial charge in [0, 0.05) is 12.7 Å². The Bertz CT molecular complexity index is 657. The maximum absolute atomic E-state index is 5.62. The van der Waals surface area contributed by atoms with Crippen LogP contribution in [0.4, 0.5) is 0 Å². The van der Waals surface area contributed by atoms with Crippen LogP contribution < -0.4 is 5.73 Å². The van der Waals surface area contributed by atoms with Crippen molar-refractivity contribution in [2.75, 3.05) is 0 Å². The molecule has 0 radical (unpaired) electrons. The lowest BCUT2D eigenvalue weighted by Gasteiger charge is -2.05. The van der Waals surface area contributed by atoms with E-state index in [4.69, 9.17) is 5.73 Å². The second-order valence-electron chi connectivity index (χ2n) is 3.86. The summed E-state index contributed by atoms with van der Waals surface area (Å²) in [5.74, 6) is 0. The molecule has 84 valence electrons. The minimum atomic E-state index is 0.494. The Kier molecular flexibility index (Phi) is 2.34. The molecular weight excluding hydrogens is 212 g/mol. The van der Waals surface area contributed by atoms with E-state index in [1.54, 1.807) is 6.20 Å². The van der Waals surface area contributed by atoms with Gasteiger partial charge in [0.2, 0.25) is 0 Å². The van der Waals surface area contributed by atoms with Gasteiger partial charge in [0.05, 0.1) is 22.9 Å². The first kappa shape index (κ1) is 9.99. The van der Waals surface area contributed by atoms with E-state index in [1.807, 2.05) is 47.4 Å². The summed E-state index contributed by atoms with van der Waals surface area (Å²) in [7, 11) is 0. The molecule has 2 heterocycles. The minimum Gasteiger partial charge on any atom is -0.326 e. The molecule has 1 aromatic carbocycles. The van der Waals surface area contributed by atoms with Crippen LogP contribution in [0.2, 0.25) is 0 Å². The fraction of sp³-hybridized carbons (Fsp3) is 0.0769. The van der Waals surface area contributed by atoms with Crippen LogP contribution >= 0.6 is 0 Å². The standard InChI is InChI=1S/C13H12N4/c14-6-10-5-11(8-15-7-10)17-9-16-12-3-1-2-4-13(12)17/h1-5,7-9H,6,14H2. The van der Waals surface area contributed by atoms with Gasteiger partial charge in [-0.1, -0.05) is 12.1 Å². The summed E-state index contributed by atoms with van der Waals surface area (Å²) in [6, 6.07) is 10.0. The third kappa shape index (κ3) is 1.68. The second kappa shape index (κ2) is 3.99. The smallest absolute Gasteiger partial charge is 0.100 e. The average molecular weight is 224 g/mol. The van der Waals surface area contributed by atoms with E-state index >= 15 is 0 Å². The molecule has 3 aromatic rings. The zero-order valence-electron chi connectivity index (χ0n) is 9.24. The molecule has 0 aliphatic carbocycles.